The van der Waals surface area contributed by atoms with Crippen molar-refractivity contribution in [3.05, 3.63) is 119 Å². The van der Waals surface area contributed by atoms with Gasteiger partial charge in [0.15, 0.2) is 11.5 Å². The van der Waals surface area contributed by atoms with E-state index in [0.29, 0.717) is 49.3 Å². The second kappa shape index (κ2) is 14.1. The predicted molar refractivity (Wildman–Crippen MR) is 149 cm³/mol. The van der Waals surface area contributed by atoms with E-state index in [-0.39, 0.29) is 0 Å². The second-order valence-electron chi connectivity index (χ2n) is 8.95. The van der Waals surface area contributed by atoms with Crippen molar-refractivity contribution in [3.8, 4) is 23.0 Å². The SMILES string of the molecule is COc1ccc(CCNCC(O)c2cc(OCc3ccccc3)cc(OCc3ccccc3)c2)cc1OC. The van der Waals surface area contributed by atoms with E-state index in [4.69, 9.17) is 18.9 Å². The van der Waals surface area contributed by atoms with E-state index < -0.39 is 6.10 Å². The molecule has 0 saturated carbocycles. The Balaban J connectivity index is 1.38. The van der Waals surface area contributed by atoms with Crippen molar-refractivity contribution in [1.82, 2.24) is 5.32 Å². The number of hydrogen-bond donors (Lipinski definition) is 2. The lowest BCUT2D eigenvalue weighted by Gasteiger charge is -2.17. The molecule has 0 spiro atoms. The highest BCUT2D eigenvalue weighted by molar-refractivity contribution is 5.43. The molecule has 1 atom stereocenters. The Bertz CT molecular complexity index is 1200. The summed E-state index contributed by atoms with van der Waals surface area (Å²) in [5.41, 5.74) is 4.00. The van der Waals surface area contributed by atoms with Crippen LogP contribution in [-0.2, 0) is 19.6 Å². The van der Waals surface area contributed by atoms with Gasteiger partial charge in [-0.2, -0.15) is 0 Å². The minimum Gasteiger partial charge on any atom is -0.493 e. The zero-order valence-electron chi connectivity index (χ0n) is 21.9. The van der Waals surface area contributed by atoms with Crippen LogP contribution in [0.5, 0.6) is 23.0 Å². The lowest BCUT2D eigenvalue weighted by molar-refractivity contribution is 0.173. The third-order valence-corrected chi connectivity index (χ3v) is 6.16. The largest absolute Gasteiger partial charge is 0.493 e. The van der Waals surface area contributed by atoms with Crippen LogP contribution in [0.15, 0.2) is 97.1 Å². The minimum atomic E-state index is -0.722. The number of aliphatic hydroxyl groups excluding tert-OH is 1. The fourth-order valence-electron chi connectivity index (χ4n) is 4.06. The van der Waals surface area contributed by atoms with Gasteiger partial charge < -0.3 is 29.4 Å². The Morgan fingerprint density at radius 2 is 1.24 bits per heavy atom. The topological polar surface area (TPSA) is 69.2 Å². The lowest BCUT2D eigenvalue weighted by Crippen LogP contribution is -2.23. The molecule has 0 aromatic heterocycles. The van der Waals surface area contributed by atoms with Crippen LogP contribution < -0.4 is 24.3 Å². The zero-order valence-corrected chi connectivity index (χ0v) is 21.9. The van der Waals surface area contributed by atoms with Crippen molar-refractivity contribution in [2.75, 3.05) is 27.3 Å². The summed E-state index contributed by atoms with van der Waals surface area (Å²) < 4.78 is 22.8. The summed E-state index contributed by atoms with van der Waals surface area (Å²) in [6, 6.07) is 31.5. The molecule has 198 valence electrons. The van der Waals surface area contributed by atoms with Crippen molar-refractivity contribution in [3.63, 3.8) is 0 Å². The van der Waals surface area contributed by atoms with Crippen molar-refractivity contribution in [2.45, 2.75) is 25.7 Å². The minimum absolute atomic E-state index is 0.396. The third-order valence-electron chi connectivity index (χ3n) is 6.16. The maximum absolute atomic E-state index is 11.0. The first kappa shape index (κ1) is 27.0. The van der Waals surface area contributed by atoms with E-state index >= 15 is 0 Å². The molecule has 0 heterocycles. The van der Waals surface area contributed by atoms with Gasteiger partial charge in [0.1, 0.15) is 24.7 Å². The number of benzene rings is 4. The first-order valence-electron chi connectivity index (χ1n) is 12.7. The van der Waals surface area contributed by atoms with E-state index in [1.807, 2.05) is 97.1 Å². The highest BCUT2D eigenvalue weighted by atomic mass is 16.5. The van der Waals surface area contributed by atoms with Gasteiger partial charge in [-0.05, 0) is 59.5 Å². The maximum Gasteiger partial charge on any atom is 0.160 e. The maximum atomic E-state index is 11.0. The Hall–Kier alpha value is -4.00. The summed E-state index contributed by atoms with van der Waals surface area (Å²) >= 11 is 0. The molecule has 38 heavy (non-hydrogen) atoms. The van der Waals surface area contributed by atoms with E-state index in [1.54, 1.807) is 14.2 Å². The van der Waals surface area contributed by atoms with E-state index in [0.717, 1.165) is 28.7 Å². The molecule has 0 radical (unpaired) electrons. The molecular formula is C32H35NO5. The third kappa shape index (κ3) is 8.00. The Morgan fingerprint density at radius 3 is 1.79 bits per heavy atom. The first-order valence-corrected chi connectivity index (χ1v) is 12.7. The molecule has 4 aromatic rings. The van der Waals surface area contributed by atoms with Crippen LogP contribution in [0.1, 0.15) is 28.4 Å². The summed E-state index contributed by atoms with van der Waals surface area (Å²) in [5, 5.41) is 14.3. The van der Waals surface area contributed by atoms with Gasteiger partial charge in [0.2, 0.25) is 0 Å². The van der Waals surface area contributed by atoms with E-state index in [1.165, 1.54) is 0 Å². The fourth-order valence-corrected chi connectivity index (χ4v) is 4.06. The number of nitrogens with one attached hydrogen (secondary N) is 1. The lowest BCUT2D eigenvalue weighted by atomic mass is 10.1. The summed E-state index contributed by atoms with van der Waals surface area (Å²) in [6.07, 6.45) is 0.0680. The molecule has 0 aliphatic heterocycles. The number of aliphatic hydroxyl groups is 1. The highest BCUT2D eigenvalue weighted by Crippen LogP contribution is 2.29. The molecule has 0 fully saturated rings. The Labute approximate surface area is 224 Å². The van der Waals surface area contributed by atoms with Crippen molar-refractivity contribution < 1.29 is 24.1 Å². The quantitative estimate of drug-likeness (QED) is 0.210. The molecule has 0 aliphatic carbocycles. The Morgan fingerprint density at radius 1 is 0.658 bits per heavy atom. The molecule has 0 bridgehead atoms. The molecule has 4 aromatic carbocycles. The van der Waals surface area contributed by atoms with Gasteiger partial charge in [-0.25, -0.2) is 0 Å². The van der Waals surface area contributed by atoms with Gasteiger partial charge in [-0.15, -0.1) is 0 Å². The average Bonchev–Trinajstić information content (AvgIpc) is 2.98. The summed E-state index contributed by atoms with van der Waals surface area (Å²) in [4.78, 5) is 0. The monoisotopic (exact) mass is 513 g/mol. The molecule has 0 saturated heterocycles. The summed E-state index contributed by atoms with van der Waals surface area (Å²) in [7, 11) is 3.26. The van der Waals surface area contributed by atoms with Crippen LogP contribution in [0.2, 0.25) is 0 Å². The van der Waals surface area contributed by atoms with Gasteiger partial charge >= 0.3 is 0 Å². The molecule has 6 nitrogen and oxygen atoms in total. The Kier molecular flexibility index (Phi) is 10.0. The number of ether oxygens (including phenoxy) is 4. The molecule has 2 N–H and O–H groups in total. The van der Waals surface area contributed by atoms with Crippen LogP contribution in [0, 0.1) is 0 Å². The molecule has 1 unspecified atom stereocenters. The fraction of sp³-hybridized carbons (Fsp3) is 0.250. The molecule has 0 amide bonds. The normalized spacial score (nSPS) is 11.6. The van der Waals surface area contributed by atoms with Crippen LogP contribution in [-0.4, -0.2) is 32.4 Å². The van der Waals surface area contributed by atoms with Crippen LogP contribution in [0.3, 0.4) is 0 Å². The standard InChI is InChI=1S/C32H35NO5/c1-35-31-14-13-24(17-32(31)36-2)15-16-33-21-30(34)27-18-28(37-22-25-9-5-3-6-10-25)20-29(19-27)38-23-26-11-7-4-8-12-26/h3-14,17-20,30,33-34H,15-16,21-23H2,1-2H3. The number of methoxy groups -OCH3 is 2. The van der Waals surface area contributed by atoms with Gasteiger partial charge in [0.05, 0.1) is 20.3 Å². The van der Waals surface area contributed by atoms with Gasteiger partial charge in [-0.3, -0.25) is 0 Å². The zero-order chi connectivity index (χ0) is 26.6. The van der Waals surface area contributed by atoms with Gasteiger partial charge in [-0.1, -0.05) is 66.7 Å². The van der Waals surface area contributed by atoms with Crippen LogP contribution in [0.25, 0.3) is 0 Å². The first-order chi connectivity index (χ1) is 18.6. The number of hydrogen-bond acceptors (Lipinski definition) is 6. The summed E-state index contributed by atoms with van der Waals surface area (Å²) in [5.74, 6) is 2.72. The van der Waals surface area contributed by atoms with Crippen molar-refractivity contribution in [1.29, 1.82) is 0 Å². The molecule has 0 aliphatic rings. The van der Waals surface area contributed by atoms with Crippen LogP contribution in [0.4, 0.5) is 0 Å². The smallest absolute Gasteiger partial charge is 0.160 e. The summed E-state index contributed by atoms with van der Waals surface area (Å²) in [6.45, 7) is 1.96. The average molecular weight is 514 g/mol. The molecule has 4 rings (SSSR count). The van der Waals surface area contributed by atoms with Crippen molar-refractivity contribution >= 4 is 0 Å². The van der Waals surface area contributed by atoms with Crippen LogP contribution >= 0.6 is 0 Å². The number of rotatable bonds is 14. The van der Waals surface area contributed by atoms with Gasteiger partial charge in [0, 0.05) is 12.6 Å². The van der Waals surface area contributed by atoms with E-state index in [2.05, 4.69) is 5.32 Å². The second-order valence-corrected chi connectivity index (χ2v) is 8.95. The van der Waals surface area contributed by atoms with Gasteiger partial charge in [0.25, 0.3) is 0 Å². The predicted octanol–water partition coefficient (Wildman–Crippen LogP) is 5.73. The van der Waals surface area contributed by atoms with Crippen molar-refractivity contribution in [2.24, 2.45) is 0 Å². The van der Waals surface area contributed by atoms with E-state index in [9.17, 15) is 5.11 Å². The highest BCUT2D eigenvalue weighted by Gasteiger charge is 2.13. The molecule has 6 heteroatoms. The molecular weight excluding hydrogens is 478 g/mol.